The number of carbonyl (C=O) groups is 1. The fraction of sp³-hybridized carbons (Fsp3) is 0.167. The van der Waals surface area contributed by atoms with E-state index in [1.807, 2.05) is 24.3 Å². The van der Waals surface area contributed by atoms with Crippen LogP contribution in [0.4, 0.5) is 11.4 Å². The van der Waals surface area contributed by atoms with E-state index in [-0.39, 0.29) is 5.91 Å². The van der Waals surface area contributed by atoms with Crippen molar-refractivity contribution in [3.05, 3.63) is 75.3 Å². The molecular formula is C24H21Cl2N3O2S. The molecule has 2 heterocycles. The summed E-state index contributed by atoms with van der Waals surface area (Å²) in [5.41, 5.74) is 2.62. The number of nitrogens with one attached hydrogen (secondary N) is 1. The number of hydrogen-bond acceptors (Lipinski definition) is 5. The molecule has 1 aromatic heterocycles. The van der Waals surface area contributed by atoms with E-state index in [4.69, 9.17) is 27.6 Å². The molecular weight excluding hydrogens is 465 g/mol. The predicted molar refractivity (Wildman–Crippen MR) is 135 cm³/mol. The SMILES string of the molecule is CCN(CC)c1ccc(N=C2NC(=O)C(=Cc3ccc(-c4cc(Cl)ccc4Cl)o3)S2)cc1. The highest BCUT2D eigenvalue weighted by molar-refractivity contribution is 8.18. The van der Waals surface area contributed by atoms with Crippen molar-refractivity contribution in [2.75, 3.05) is 18.0 Å². The van der Waals surface area contributed by atoms with Gasteiger partial charge in [-0.2, -0.15) is 0 Å². The van der Waals surface area contributed by atoms with Crippen molar-refractivity contribution in [2.45, 2.75) is 13.8 Å². The van der Waals surface area contributed by atoms with Gasteiger partial charge < -0.3 is 14.6 Å². The van der Waals surface area contributed by atoms with Gasteiger partial charge in [0.25, 0.3) is 5.91 Å². The number of anilines is 1. The van der Waals surface area contributed by atoms with Crippen molar-refractivity contribution in [2.24, 2.45) is 4.99 Å². The predicted octanol–water partition coefficient (Wildman–Crippen LogP) is 6.99. The number of carbonyl (C=O) groups excluding carboxylic acids is 1. The maximum absolute atomic E-state index is 12.4. The van der Waals surface area contributed by atoms with Gasteiger partial charge in [-0.1, -0.05) is 23.2 Å². The second-order valence-corrected chi connectivity index (χ2v) is 8.87. The van der Waals surface area contributed by atoms with E-state index in [2.05, 4.69) is 29.1 Å². The molecule has 0 bridgehead atoms. The van der Waals surface area contributed by atoms with Gasteiger partial charge in [-0.25, -0.2) is 4.99 Å². The summed E-state index contributed by atoms with van der Waals surface area (Å²) in [7, 11) is 0. The Kier molecular flexibility index (Phi) is 6.94. The van der Waals surface area contributed by atoms with Crippen molar-refractivity contribution in [1.29, 1.82) is 0 Å². The van der Waals surface area contributed by atoms with E-state index in [1.165, 1.54) is 11.8 Å². The molecule has 8 heteroatoms. The summed E-state index contributed by atoms with van der Waals surface area (Å²) >= 11 is 13.6. The Hall–Kier alpha value is -2.67. The van der Waals surface area contributed by atoms with Crippen LogP contribution in [0.1, 0.15) is 19.6 Å². The largest absolute Gasteiger partial charge is 0.457 e. The van der Waals surface area contributed by atoms with E-state index < -0.39 is 0 Å². The lowest BCUT2D eigenvalue weighted by Crippen LogP contribution is -2.21. The molecule has 164 valence electrons. The van der Waals surface area contributed by atoms with Crippen LogP contribution in [0, 0.1) is 0 Å². The zero-order chi connectivity index (χ0) is 22.7. The Morgan fingerprint density at radius 3 is 2.53 bits per heavy atom. The van der Waals surface area contributed by atoms with E-state index in [9.17, 15) is 4.79 Å². The van der Waals surface area contributed by atoms with Gasteiger partial charge >= 0.3 is 0 Å². The minimum atomic E-state index is -0.216. The molecule has 4 rings (SSSR count). The second-order valence-electron chi connectivity index (χ2n) is 7.00. The van der Waals surface area contributed by atoms with Crippen LogP contribution in [-0.2, 0) is 4.79 Å². The van der Waals surface area contributed by atoms with Gasteiger partial charge in [0.1, 0.15) is 11.5 Å². The lowest BCUT2D eigenvalue weighted by Gasteiger charge is -2.20. The van der Waals surface area contributed by atoms with E-state index in [1.54, 1.807) is 36.4 Å². The van der Waals surface area contributed by atoms with E-state index in [0.29, 0.717) is 37.2 Å². The van der Waals surface area contributed by atoms with E-state index >= 15 is 0 Å². The van der Waals surface area contributed by atoms with Crippen LogP contribution in [0.5, 0.6) is 0 Å². The highest BCUT2D eigenvalue weighted by atomic mass is 35.5. The molecule has 0 spiro atoms. The molecule has 3 aromatic rings. The summed E-state index contributed by atoms with van der Waals surface area (Å²) in [5.74, 6) is 0.903. The molecule has 32 heavy (non-hydrogen) atoms. The molecule has 1 amide bonds. The minimum absolute atomic E-state index is 0.216. The third-order valence-corrected chi connectivity index (χ3v) is 6.43. The zero-order valence-electron chi connectivity index (χ0n) is 17.6. The number of benzene rings is 2. The molecule has 5 nitrogen and oxygen atoms in total. The summed E-state index contributed by atoms with van der Waals surface area (Å²) in [6, 6.07) is 16.7. The van der Waals surface area contributed by atoms with Crippen molar-refractivity contribution in [3.63, 3.8) is 0 Å². The van der Waals surface area contributed by atoms with Crippen LogP contribution in [0.15, 0.2) is 68.9 Å². The molecule has 0 aliphatic carbocycles. The number of halogens is 2. The lowest BCUT2D eigenvalue weighted by molar-refractivity contribution is -0.115. The molecule has 0 radical (unpaired) electrons. The summed E-state index contributed by atoms with van der Waals surface area (Å²) < 4.78 is 5.87. The number of rotatable bonds is 6. The van der Waals surface area contributed by atoms with Gasteiger partial charge in [0.15, 0.2) is 5.17 Å². The highest BCUT2D eigenvalue weighted by Crippen LogP contribution is 2.34. The number of amidine groups is 1. The van der Waals surface area contributed by atoms with Crippen molar-refractivity contribution in [3.8, 4) is 11.3 Å². The van der Waals surface area contributed by atoms with Crippen molar-refractivity contribution >= 4 is 63.5 Å². The molecule has 1 fully saturated rings. The van der Waals surface area contributed by atoms with Crippen molar-refractivity contribution < 1.29 is 9.21 Å². The number of hydrogen-bond donors (Lipinski definition) is 1. The Bertz CT molecular complexity index is 1200. The average Bonchev–Trinajstić information content (AvgIpc) is 3.38. The molecule has 1 saturated heterocycles. The molecule has 0 unspecified atom stereocenters. The Balaban J connectivity index is 1.50. The van der Waals surface area contributed by atoms with Crippen LogP contribution in [0.2, 0.25) is 10.0 Å². The molecule has 0 saturated carbocycles. The summed E-state index contributed by atoms with van der Waals surface area (Å²) in [5, 5.41) is 4.44. The fourth-order valence-corrected chi connectivity index (χ4v) is 4.52. The fourth-order valence-electron chi connectivity index (χ4n) is 3.32. The summed E-state index contributed by atoms with van der Waals surface area (Å²) in [6.07, 6.45) is 1.69. The first-order valence-corrected chi connectivity index (χ1v) is 11.7. The zero-order valence-corrected chi connectivity index (χ0v) is 19.9. The van der Waals surface area contributed by atoms with Gasteiger partial charge in [0.05, 0.1) is 15.6 Å². The molecule has 1 N–H and O–H groups in total. The minimum Gasteiger partial charge on any atom is -0.457 e. The lowest BCUT2D eigenvalue weighted by atomic mass is 10.2. The Morgan fingerprint density at radius 2 is 1.81 bits per heavy atom. The van der Waals surface area contributed by atoms with Gasteiger partial charge in [-0.3, -0.25) is 4.79 Å². The third-order valence-electron chi connectivity index (χ3n) is 4.95. The first-order valence-electron chi connectivity index (χ1n) is 10.2. The van der Waals surface area contributed by atoms with Crippen molar-refractivity contribution in [1.82, 2.24) is 5.32 Å². The molecule has 1 aliphatic heterocycles. The number of thioether (sulfide) groups is 1. The molecule has 1 aliphatic rings. The quantitative estimate of drug-likeness (QED) is 0.382. The Labute approximate surface area is 201 Å². The van der Waals surface area contributed by atoms with Crippen LogP contribution in [0.25, 0.3) is 17.4 Å². The van der Waals surface area contributed by atoms with Crippen LogP contribution in [0.3, 0.4) is 0 Å². The Morgan fingerprint density at radius 1 is 1.06 bits per heavy atom. The standard InChI is InChI=1S/C24H21Cl2N3O2S/c1-3-29(4-2)17-8-6-16(7-9-17)27-24-28-23(30)22(32-24)14-18-10-12-21(31-18)19-13-15(25)5-11-20(19)26/h5-14H,3-4H2,1-2H3,(H,27,28,30). The maximum atomic E-state index is 12.4. The first-order chi connectivity index (χ1) is 15.5. The van der Waals surface area contributed by atoms with Gasteiger partial charge in [-0.15, -0.1) is 0 Å². The van der Waals surface area contributed by atoms with Crippen LogP contribution < -0.4 is 10.2 Å². The first kappa shape index (κ1) is 22.5. The third kappa shape index (κ3) is 5.04. The number of furan rings is 1. The monoisotopic (exact) mass is 485 g/mol. The average molecular weight is 486 g/mol. The van der Waals surface area contributed by atoms with Crippen LogP contribution >= 0.6 is 35.0 Å². The number of nitrogens with zero attached hydrogens (tertiary/aromatic N) is 2. The normalized spacial score (nSPS) is 16.1. The smallest absolute Gasteiger partial charge is 0.264 e. The van der Waals surface area contributed by atoms with Gasteiger partial charge in [0, 0.05) is 35.4 Å². The number of amides is 1. The summed E-state index contributed by atoms with van der Waals surface area (Å²) in [4.78, 5) is 19.7. The highest BCUT2D eigenvalue weighted by Gasteiger charge is 2.24. The van der Waals surface area contributed by atoms with Crippen LogP contribution in [-0.4, -0.2) is 24.2 Å². The summed E-state index contributed by atoms with van der Waals surface area (Å²) in [6.45, 7) is 6.15. The van der Waals surface area contributed by atoms with Gasteiger partial charge in [-0.05, 0) is 80.2 Å². The topological polar surface area (TPSA) is 57.8 Å². The van der Waals surface area contributed by atoms with Gasteiger partial charge in [0.2, 0.25) is 0 Å². The maximum Gasteiger partial charge on any atom is 0.264 e. The van der Waals surface area contributed by atoms with E-state index in [0.717, 1.165) is 24.5 Å². The molecule has 2 aromatic carbocycles. The number of aliphatic imine (C=N–C) groups is 1. The second kappa shape index (κ2) is 9.86. The molecule has 0 atom stereocenters.